The summed E-state index contributed by atoms with van der Waals surface area (Å²) in [4.78, 5) is 11.6. The SMILES string of the molecule is C=C(C)C(=O)OCC1CCCC(C)C1c1ccccc1. The van der Waals surface area contributed by atoms with Crippen molar-refractivity contribution in [3.63, 3.8) is 0 Å². The Bertz CT molecular complexity index is 464. The van der Waals surface area contributed by atoms with Crippen molar-refractivity contribution < 1.29 is 9.53 Å². The summed E-state index contributed by atoms with van der Waals surface area (Å²) in [7, 11) is 0. The molecule has 0 aliphatic heterocycles. The maximum Gasteiger partial charge on any atom is 0.333 e. The van der Waals surface area contributed by atoms with Gasteiger partial charge in [0.25, 0.3) is 0 Å². The quantitative estimate of drug-likeness (QED) is 0.602. The zero-order chi connectivity index (χ0) is 14.5. The highest BCUT2D eigenvalue weighted by Crippen LogP contribution is 2.41. The average Bonchev–Trinajstić information content (AvgIpc) is 2.45. The Morgan fingerprint density at radius 3 is 2.65 bits per heavy atom. The van der Waals surface area contributed by atoms with Gasteiger partial charge in [-0.25, -0.2) is 4.79 Å². The summed E-state index contributed by atoms with van der Waals surface area (Å²) in [6.07, 6.45) is 3.61. The topological polar surface area (TPSA) is 26.3 Å². The molecule has 0 N–H and O–H groups in total. The van der Waals surface area contributed by atoms with Crippen molar-refractivity contribution in [1.29, 1.82) is 0 Å². The fraction of sp³-hybridized carbons (Fsp3) is 0.500. The van der Waals surface area contributed by atoms with E-state index < -0.39 is 0 Å². The minimum atomic E-state index is -0.268. The van der Waals surface area contributed by atoms with E-state index in [0.717, 1.165) is 6.42 Å². The van der Waals surface area contributed by atoms with Gasteiger partial charge in [-0.15, -0.1) is 0 Å². The first kappa shape index (κ1) is 14.8. The van der Waals surface area contributed by atoms with Crippen molar-refractivity contribution in [2.75, 3.05) is 6.61 Å². The molecule has 3 unspecified atom stereocenters. The standard InChI is InChI=1S/C18H24O2/c1-13(2)18(19)20-12-16-11-7-8-14(3)17(16)15-9-5-4-6-10-15/h4-6,9-10,14,16-17H,1,7-8,11-12H2,2-3H3. The van der Waals surface area contributed by atoms with E-state index in [4.69, 9.17) is 4.74 Å². The van der Waals surface area contributed by atoms with Crippen molar-refractivity contribution in [1.82, 2.24) is 0 Å². The Labute approximate surface area is 121 Å². The second-order valence-corrected chi connectivity index (χ2v) is 5.98. The molecule has 0 heterocycles. The van der Waals surface area contributed by atoms with Crippen LogP contribution in [0.3, 0.4) is 0 Å². The summed E-state index contributed by atoms with van der Waals surface area (Å²) < 4.78 is 5.40. The number of ether oxygens (including phenoxy) is 1. The van der Waals surface area contributed by atoms with Crippen molar-refractivity contribution in [3.8, 4) is 0 Å². The molecule has 108 valence electrons. The zero-order valence-corrected chi connectivity index (χ0v) is 12.5. The first-order valence-corrected chi connectivity index (χ1v) is 7.47. The monoisotopic (exact) mass is 272 g/mol. The van der Waals surface area contributed by atoms with Crippen molar-refractivity contribution >= 4 is 5.97 Å². The Hall–Kier alpha value is -1.57. The van der Waals surface area contributed by atoms with E-state index in [0.29, 0.717) is 29.9 Å². The number of benzene rings is 1. The summed E-state index contributed by atoms with van der Waals surface area (Å²) in [6, 6.07) is 10.6. The van der Waals surface area contributed by atoms with Gasteiger partial charge in [0, 0.05) is 11.5 Å². The van der Waals surface area contributed by atoms with E-state index in [9.17, 15) is 4.79 Å². The highest BCUT2D eigenvalue weighted by molar-refractivity contribution is 5.86. The predicted molar refractivity (Wildman–Crippen MR) is 81.5 cm³/mol. The van der Waals surface area contributed by atoms with Gasteiger partial charge >= 0.3 is 5.97 Å². The number of hydrogen-bond acceptors (Lipinski definition) is 2. The maximum atomic E-state index is 11.6. The summed E-state index contributed by atoms with van der Waals surface area (Å²) in [5.41, 5.74) is 1.85. The van der Waals surface area contributed by atoms with E-state index in [1.54, 1.807) is 6.92 Å². The van der Waals surface area contributed by atoms with Gasteiger partial charge in [0.2, 0.25) is 0 Å². The third kappa shape index (κ3) is 3.50. The Morgan fingerprint density at radius 1 is 1.30 bits per heavy atom. The molecule has 0 amide bonds. The molecule has 0 aromatic heterocycles. The van der Waals surface area contributed by atoms with Crippen LogP contribution in [0.1, 0.15) is 44.6 Å². The van der Waals surface area contributed by atoms with Crippen molar-refractivity contribution in [3.05, 3.63) is 48.0 Å². The molecule has 1 aliphatic carbocycles. The number of carbonyl (C=O) groups is 1. The fourth-order valence-corrected chi connectivity index (χ4v) is 3.29. The first-order chi connectivity index (χ1) is 9.59. The van der Waals surface area contributed by atoms with Crippen LogP contribution < -0.4 is 0 Å². The van der Waals surface area contributed by atoms with Crippen LogP contribution in [-0.2, 0) is 9.53 Å². The lowest BCUT2D eigenvalue weighted by Crippen LogP contribution is -2.29. The third-order valence-corrected chi connectivity index (χ3v) is 4.32. The molecule has 1 aromatic rings. The summed E-state index contributed by atoms with van der Waals surface area (Å²) in [6.45, 7) is 8.15. The van der Waals surface area contributed by atoms with Gasteiger partial charge in [-0.2, -0.15) is 0 Å². The molecule has 1 aliphatic rings. The lowest BCUT2D eigenvalue weighted by Gasteiger charge is -2.36. The molecule has 2 rings (SSSR count). The number of hydrogen-bond donors (Lipinski definition) is 0. The van der Waals surface area contributed by atoms with Crippen LogP contribution in [0.2, 0.25) is 0 Å². The number of esters is 1. The van der Waals surface area contributed by atoms with Gasteiger partial charge in [0.05, 0.1) is 6.61 Å². The van der Waals surface area contributed by atoms with Crippen molar-refractivity contribution in [2.45, 2.75) is 39.0 Å². The first-order valence-electron chi connectivity index (χ1n) is 7.47. The van der Waals surface area contributed by atoms with Crippen LogP contribution in [0.4, 0.5) is 0 Å². The van der Waals surface area contributed by atoms with Gasteiger partial charge in [0.15, 0.2) is 0 Å². The highest BCUT2D eigenvalue weighted by atomic mass is 16.5. The number of carbonyl (C=O) groups excluding carboxylic acids is 1. The van der Waals surface area contributed by atoms with E-state index in [2.05, 4.69) is 37.8 Å². The summed E-state index contributed by atoms with van der Waals surface area (Å²) >= 11 is 0. The van der Waals surface area contributed by atoms with Gasteiger partial charge < -0.3 is 4.74 Å². The second kappa shape index (κ2) is 6.74. The van der Waals surface area contributed by atoms with Crippen LogP contribution in [-0.4, -0.2) is 12.6 Å². The fourth-order valence-electron chi connectivity index (χ4n) is 3.29. The molecule has 20 heavy (non-hydrogen) atoms. The van der Waals surface area contributed by atoms with E-state index in [1.165, 1.54) is 18.4 Å². The van der Waals surface area contributed by atoms with Crippen molar-refractivity contribution in [2.24, 2.45) is 11.8 Å². The molecule has 3 atom stereocenters. The van der Waals surface area contributed by atoms with E-state index >= 15 is 0 Å². The molecule has 1 saturated carbocycles. The predicted octanol–water partition coefficient (Wildman–Crippen LogP) is 4.33. The maximum absolute atomic E-state index is 11.6. The third-order valence-electron chi connectivity index (χ3n) is 4.32. The molecule has 1 aromatic carbocycles. The van der Waals surface area contributed by atoms with Crippen LogP contribution >= 0.6 is 0 Å². The average molecular weight is 272 g/mol. The molecule has 0 saturated heterocycles. The van der Waals surface area contributed by atoms with Gasteiger partial charge in [-0.05, 0) is 30.7 Å². The van der Waals surface area contributed by atoms with Gasteiger partial charge in [-0.3, -0.25) is 0 Å². The van der Waals surface area contributed by atoms with E-state index in [1.807, 2.05) is 6.07 Å². The Balaban J connectivity index is 2.08. The summed E-state index contributed by atoms with van der Waals surface area (Å²) in [5.74, 6) is 1.28. The van der Waals surface area contributed by atoms with Gasteiger partial charge in [-0.1, -0.05) is 56.7 Å². The highest BCUT2D eigenvalue weighted by Gasteiger charge is 2.32. The lowest BCUT2D eigenvalue weighted by molar-refractivity contribution is -0.141. The molecule has 0 spiro atoms. The molecular weight excluding hydrogens is 248 g/mol. The molecule has 2 heteroatoms. The minimum Gasteiger partial charge on any atom is -0.462 e. The molecule has 0 radical (unpaired) electrons. The molecule has 1 fully saturated rings. The molecular formula is C18H24O2. The smallest absolute Gasteiger partial charge is 0.333 e. The summed E-state index contributed by atoms with van der Waals surface area (Å²) in [5, 5.41) is 0. The lowest BCUT2D eigenvalue weighted by atomic mass is 9.70. The van der Waals surface area contributed by atoms with Crippen LogP contribution in [0.5, 0.6) is 0 Å². The number of rotatable bonds is 4. The van der Waals surface area contributed by atoms with Crippen LogP contribution in [0, 0.1) is 11.8 Å². The largest absolute Gasteiger partial charge is 0.462 e. The van der Waals surface area contributed by atoms with Crippen LogP contribution in [0.25, 0.3) is 0 Å². The molecule has 2 nitrogen and oxygen atoms in total. The van der Waals surface area contributed by atoms with E-state index in [-0.39, 0.29) is 5.97 Å². The Kier molecular flexibility index (Phi) is 4.99. The van der Waals surface area contributed by atoms with Gasteiger partial charge in [0.1, 0.15) is 0 Å². The zero-order valence-electron chi connectivity index (χ0n) is 12.5. The Morgan fingerprint density at radius 2 is 2.00 bits per heavy atom. The van der Waals surface area contributed by atoms with Crippen LogP contribution in [0.15, 0.2) is 42.5 Å². The normalized spacial score (nSPS) is 26.0. The minimum absolute atomic E-state index is 0.268. The second-order valence-electron chi connectivity index (χ2n) is 5.98. The molecule has 0 bridgehead atoms.